The maximum absolute atomic E-state index is 10.8. The molecule has 0 saturated carbocycles. The third-order valence-electron chi connectivity index (χ3n) is 2.48. The van der Waals surface area contributed by atoms with Gasteiger partial charge in [-0.2, -0.15) is 0 Å². The van der Waals surface area contributed by atoms with Crippen molar-refractivity contribution in [1.82, 2.24) is 0 Å². The summed E-state index contributed by atoms with van der Waals surface area (Å²) >= 11 is 0. The van der Waals surface area contributed by atoms with Crippen molar-refractivity contribution < 1.29 is 9.90 Å². The zero-order chi connectivity index (χ0) is 9.68. The third-order valence-corrected chi connectivity index (χ3v) is 2.48. The summed E-state index contributed by atoms with van der Waals surface area (Å²) < 4.78 is 0. The molecule has 0 spiro atoms. The normalized spacial score (nSPS) is 29.3. The van der Waals surface area contributed by atoms with Crippen LogP contribution in [-0.2, 0) is 4.79 Å². The van der Waals surface area contributed by atoms with Gasteiger partial charge in [0.25, 0.3) is 0 Å². The second-order valence-electron chi connectivity index (χ2n) is 3.56. The van der Waals surface area contributed by atoms with Gasteiger partial charge in [0.1, 0.15) is 0 Å². The Balaban J connectivity index is 2.66. The number of allylic oxidation sites excluding steroid dienone is 1. The predicted molar refractivity (Wildman–Crippen MR) is 51.4 cm³/mol. The van der Waals surface area contributed by atoms with Crippen molar-refractivity contribution in [2.45, 2.75) is 44.6 Å². The van der Waals surface area contributed by atoms with Crippen LogP contribution in [0.1, 0.15) is 38.5 Å². The first kappa shape index (κ1) is 10.3. The number of carboxylic acids is 1. The highest BCUT2D eigenvalue weighted by Crippen LogP contribution is 2.16. The number of aliphatic carboxylic acids is 1. The predicted octanol–water partition coefficient (Wildman–Crippen LogP) is 1.68. The fourth-order valence-corrected chi connectivity index (χ4v) is 1.67. The lowest BCUT2D eigenvalue weighted by Gasteiger charge is -2.10. The van der Waals surface area contributed by atoms with E-state index in [0.29, 0.717) is 5.57 Å². The summed E-state index contributed by atoms with van der Waals surface area (Å²) in [5.41, 5.74) is 6.17. The number of rotatable bonds is 1. The lowest BCUT2D eigenvalue weighted by molar-refractivity contribution is -0.133. The quantitative estimate of drug-likeness (QED) is 0.650. The van der Waals surface area contributed by atoms with Crippen molar-refractivity contribution in [3.63, 3.8) is 0 Å². The molecule has 0 aromatic rings. The Labute approximate surface area is 78.6 Å². The van der Waals surface area contributed by atoms with Crippen LogP contribution in [0, 0.1) is 0 Å². The Morgan fingerprint density at radius 2 is 2.08 bits per heavy atom. The summed E-state index contributed by atoms with van der Waals surface area (Å²) in [6.45, 7) is 0. The monoisotopic (exact) mass is 183 g/mol. The minimum Gasteiger partial charge on any atom is -0.478 e. The van der Waals surface area contributed by atoms with E-state index < -0.39 is 5.97 Å². The van der Waals surface area contributed by atoms with Gasteiger partial charge >= 0.3 is 5.97 Å². The Morgan fingerprint density at radius 1 is 1.38 bits per heavy atom. The van der Waals surface area contributed by atoms with E-state index >= 15 is 0 Å². The Hall–Kier alpha value is -0.830. The van der Waals surface area contributed by atoms with Crippen LogP contribution in [0.3, 0.4) is 0 Å². The van der Waals surface area contributed by atoms with E-state index in [4.69, 9.17) is 10.8 Å². The van der Waals surface area contributed by atoms with Crippen molar-refractivity contribution in [1.29, 1.82) is 0 Å². The lowest BCUT2D eigenvalue weighted by atomic mass is 10.0. The van der Waals surface area contributed by atoms with Gasteiger partial charge in [-0.15, -0.1) is 0 Å². The molecule has 0 amide bonds. The van der Waals surface area contributed by atoms with E-state index in [-0.39, 0.29) is 6.04 Å². The molecule has 0 aromatic carbocycles. The Bertz CT molecular complexity index is 211. The SMILES string of the molecule is N[C@H]1CCCCCC/C=C\1C(=O)O. The molecule has 74 valence electrons. The maximum atomic E-state index is 10.8. The zero-order valence-electron chi connectivity index (χ0n) is 7.83. The second-order valence-corrected chi connectivity index (χ2v) is 3.56. The van der Waals surface area contributed by atoms with Crippen LogP contribution in [-0.4, -0.2) is 17.1 Å². The van der Waals surface area contributed by atoms with Crippen LogP contribution < -0.4 is 5.73 Å². The molecule has 0 aromatic heterocycles. The molecule has 3 N–H and O–H groups in total. The highest BCUT2D eigenvalue weighted by atomic mass is 16.4. The maximum Gasteiger partial charge on any atom is 0.332 e. The molecule has 1 aliphatic rings. The average molecular weight is 183 g/mol. The lowest BCUT2D eigenvalue weighted by Crippen LogP contribution is -2.27. The first-order valence-electron chi connectivity index (χ1n) is 4.90. The molecule has 0 aliphatic heterocycles. The average Bonchev–Trinajstić information content (AvgIpc) is 2.16. The van der Waals surface area contributed by atoms with Gasteiger partial charge in [-0.25, -0.2) is 4.79 Å². The van der Waals surface area contributed by atoms with Crippen molar-refractivity contribution >= 4 is 5.97 Å². The van der Waals surface area contributed by atoms with E-state index in [9.17, 15) is 4.79 Å². The van der Waals surface area contributed by atoms with Crippen molar-refractivity contribution in [3.05, 3.63) is 11.6 Å². The summed E-state index contributed by atoms with van der Waals surface area (Å²) in [4.78, 5) is 10.8. The van der Waals surface area contributed by atoms with Gasteiger partial charge in [-0.1, -0.05) is 25.3 Å². The van der Waals surface area contributed by atoms with Crippen LogP contribution in [0.2, 0.25) is 0 Å². The molecule has 0 saturated heterocycles. The van der Waals surface area contributed by atoms with E-state index in [1.54, 1.807) is 6.08 Å². The van der Waals surface area contributed by atoms with Crippen molar-refractivity contribution in [2.24, 2.45) is 5.73 Å². The molecule has 0 radical (unpaired) electrons. The summed E-state index contributed by atoms with van der Waals surface area (Å²) in [6.07, 6.45) is 7.95. The minimum absolute atomic E-state index is 0.268. The molecule has 1 rings (SSSR count). The largest absolute Gasteiger partial charge is 0.478 e. The molecule has 1 atom stereocenters. The van der Waals surface area contributed by atoms with Crippen molar-refractivity contribution in [3.8, 4) is 0 Å². The summed E-state index contributed by atoms with van der Waals surface area (Å²) in [5, 5.41) is 8.87. The molecule has 0 bridgehead atoms. The van der Waals surface area contributed by atoms with E-state index in [2.05, 4.69) is 0 Å². The smallest absolute Gasteiger partial charge is 0.332 e. The zero-order valence-corrected chi connectivity index (χ0v) is 7.83. The minimum atomic E-state index is -0.852. The number of hydrogen-bond acceptors (Lipinski definition) is 2. The molecule has 3 heteroatoms. The van der Waals surface area contributed by atoms with E-state index in [1.807, 2.05) is 0 Å². The molecule has 13 heavy (non-hydrogen) atoms. The summed E-state index contributed by atoms with van der Waals surface area (Å²) in [6, 6.07) is -0.268. The van der Waals surface area contributed by atoms with Gasteiger partial charge in [0.05, 0.1) is 0 Å². The Kier molecular flexibility index (Phi) is 3.96. The number of hydrogen-bond donors (Lipinski definition) is 2. The van der Waals surface area contributed by atoms with Gasteiger partial charge in [0.15, 0.2) is 0 Å². The van der Waals surface area contributed by atoms with Gasteiger partial charge in [-0.05, 0) is 19.3 Å². The highest BCUT2D eigenvalue weighted by Gasteiger charge is 2.16. The van der Waals surface area contributed by atoms with Gasteiger partial charge in [0.2, 0.25) is 0 Å². The molecule has 1 aliphatic carbocycles. The molecule has 0 fully saturated rings. The fourth-order valence-electron chi connectivity index (χ4n) is 1.67. The Morgan fingerprint density at radius 3 is 2.77 bits per heavy atom. The van der Waals surface area contributed by atoms with Crippen LogP contribution in [0.25, 0.3) is 0 Å². The van der Waals surface area contributed by atoms with Crippen LogP contribution in [0.4, 0.5) is 0 Å². The fraction of sp³-hybridized carbons (Fsp3) is 0.700. The van der Waals surface area contributed by atoms with Crippen molar-refractivity contribution in [2.75, 3.05) is 0 Å². The topological polar surface area (TPSA) is 63.3 Å². The number of carboxylic acid groups (broad SMARTS) is 1. The first-order chi connectivity index (χ1) is 6.22. The molecule has 0 unspecified atom stereocenters. The highest BCUT2D eigenvalue weighted by molar-refractivity contribution is 5.87. The van der Waals surface area contributed by atoms with Gasteiger partial charge in [-0.3, -0.25) is 0 Å². The summed E-state index contributed by atoms with van der Waals surface area (Å²) in [5.74, 6) is -0.852. The number of nitrogens with two attached hydrogens (primary N) is 1. The molecule has 3 nitrogen and oxygen atoms in total. The van der Waals surface area contributed by atoms with Crippen LogP contribution in [0.15, 0.2) is 11.6 Å². The molecule has 0 heterocycles. The summed E-state index contributed by atoms with van der Waals surface area (Å²) in [7, 11) is 0. The standard InChI is InChI=1S/C10H17NO2/c11-9-7-5-3-1-2-4-6-8(9)10(12)13/h6,9H,1-5,7,11H2,(H,12,13)/b8-6+/t9-/m0/s1. The van der Waals surface area contributed by atoms with Gasteiger partial charge < -0.3 is 10.8 Å². The van der Waals surface area contributed by atoms with Crippen LogP contribution in [0.5, 0.6) is 0 Å². The third kappa shape index (κ3) is 3.19. The first-order valence-corrected chi connectivity index (χ1v) is 4.90. The van der Waals surface area contributed by atoms with Gasteiger partial charge in [0, 0.05) is 11.6 Å². The number of carbonyl (C=O) groups is 1. The second kappa shape index (κ2) is 5.02. The van der Waals surface area contributed by atoms with E-state index in [0.717, 1.165) is 25.7 Å². The van der Waals surface area contributed by atoms with E-state index in [1.165, 1.54) is 12.8 Å². The molecular formula is C10H17NO2. The molecular weight excluding hydrogens is 166 g/mol. The van der Waals surface area contributed by atoms with Crippen LogP contribution >= 0.6 is 0 Å².